The molecule has 7 nitrogen and oxygen atoms in total. The lowest BCUT2D eigenvalue weighted by Crippen LogP contribution is -2.44. The van der Waals surface area contributed by atoms with E-state index >= 15 is 0 Å². The molecule has 2 atom stereocenters. The van der Waals surface area contributed by atoms with Crippen LogP contribution in [0.3, 0.4) is 0 Å². The van der Waals surface area contributed by atoms with Crippen LogP contribution in [-0.4, -0.2) is 22.0 Å². The van der Waals surface area contributed by atoms with Crippen molar-refractivity contribution in [3.05, 3.63) is 38.2 Å². The summed E-state index contributed by atoms with van der Waals surface area (Å²) in [4.78, 5) is 28.1. The second kappa shape index (κ2) is 6.26. The molecule has 26 heavy (non-hydrogen) atoms. The highest BCUT2D eigenvalue weighted by atomic mass is 19.4. The number of aromatic nitrogens is 1. The SMILES string of the molecule is CC1CCCC(C)N1c1nc(=O)c2cc(C(F)(F)F)cc([N+](=O)[O-])c2o1. The van der Waals surface area contributed by atoms with Gasteiger partial charge < -0.3 is 9.32 Å². The predicted octanol–water partition coefficient (Wildman–Crippen LogP) is 3.88. The molecule has 2 heterocycles. The molecule has 2 aromatic rings. The summed E-state index contributed by atoms with van der Waals surface area (Å²) in [5, 5.41) is 10.7. The van der Waals surface area contributed by atoms with Crippen molar-refractivity contribution in [2.24, 2.45) is 0 Å². The van der Waals surface area contributed by atoms with E-state index in [4.69, 9.17) is 4.42 Å². The Morgan fingerprint density at radius 2 is 1.88 bits per heavy atom. The first kappa shape index (κ1) is 18.2. The Hall–Kier alpha value is -2.65. The Kier molecular flexibility index (Phi) is 4.37. The second-order valence-electron chi connectivity index (χ2n) is 6.46. The highest BCUT2D eigenvalue weighted by molar-refractivity contribution is 5.86. The Bertz CT molecular complexity index is 915. The summed E-state index contributed by atoms with van der Waals surface area (Å²) in [5.74, 6) is 0. The third kappa shape index (κ3) is 3.11. The molecule has 1 aromatic heterocycles. The van der Waals surface area contributed by atoms with Crippen LogP contribution in [0.4, 0.5) is 24.9 Å². The standard InChI is InChI=1S/C16H16F3N3O4/c1-8-4-3-5-9(2)21(8)15-20-14(23)11-6-10(16(17,18)19)7-12(22(24)25)13(11)26-15/h6-9H,3-5H2,1-2H3. The number of rotatable bonds is 2. The molecule has 0 aliphatic carbocycles. The molecule has 0 spiro atoms. The fraction of sp³-hybridized carbons (Fsp3) is 0.500. The van der Waals surface area contributed by atoms with Crippen LogP contribution in [0.2, 0.25) is 0 Å². The molecule has 140 valence electrons. The monoisotopic (exact) mass is 371 g/mol. The molecule has 2 unspecified atom stereocenters. The maximum atomic E-state index is 13.0. The molecule has 0 radical (unpaired) electrons. The average Bonchev–Trinajstić information content (AvgIpc) is 2.52. The van der Waals surface area contributed by atoms with Crippen molar-refractivity contribution in [2.75, 3.05) is 4.90 Å². The van der Waals surface area contributed by atoms with Crippen molar-refractivity contribution in [3.63, 3.8) is 0 Å². The molecule has 1 aromatic carbocycles. The fourth-order valence-electron chi connectivity index (χ4n) is 3.35. The van der Waals surface area contributed by atoms with Gasteiger partial charge in [-0.15, -0.1) is 0 Å². The van der Waals surface area contributed by atoms with Crippen LogP contribution < -0.4 is 10.5 Å². The average molecular weight is 371 g/mol. The number of fused-ring (bicyclic) bond motifs is 1. The maximum Gasteiger partial charge on any atom is 0.416 e. The molecule has 10 heteroatoms. The molecule has 0 saturated carbocycles. The first-order valence-electron chi connectivity index (χ1n) is 8.08. The summed E-state index contributed by atoms with van der Waals surface area (Å²) in [5.41, 5.74) is -3.69. The molecule has 0 bridgehead atoms. The number of non-ortho nitro benzene ring substituents is 1. The van der Waals surface area contributed by atoms with E-state index in [0.29, 0.717) is 12.1 Å². The minimum atomic E-state index is -4.83. The zero-order valence-corrected chi connectivity index (χ0v) is 14.0. The highest BCUT2D eigenvalue weighted by Crippen LogP contribution is 2.37. The normalized spacial score (nSPS) is 21.2. The van der Waals surface area contributed by atoms with E-state index in [1.54, 1.807) is 4.90 Å². The van der Waals surface area contributed by atoms with E-state index in [-0.39, 0.29) is 18.1 Å². The van der Waals surface area contributed by atoms with Crippen LogP contribution in [-0.2, 0) is 6.18 Å². The molecule has 1 aliphatic rings. The number of piperidine rings is 1. The number of halogens is 3. The number of nitro groups is 1. The van der Waals surface area contributed by atoms with Crippen LogP contribution in [0.1, 0.15) is 38.7 Å². The molecule has 1 fully saturated rings. The van der Waals surface area contributed by atoms with Crippen molar-refractivity contribution in [1.82, 2.24) is 4.98 Å². The van der Waals surface area contributed by atoms with E-state index in [9.17, 15) is 28.1 Å². The van der Waals surface area contributed by atoms with Crippen molar-refractivity contribution in [3.8, 4) is 0 Å². The summed E-state index contributed by atoms with van der Waals surface area (Å²) in [6.07, 6.45) is -2.21. The number of hydrogen-bond acceptors (Lipinski definition) is 6. The minimum absolute atomic E-state index is 0.0136. The second-order valence-corrected chi connectivity index (χ2v) is 6.46. The van der Waals surface area contributed by atoms with Crippen LogP contribution in [0.5, 0.6) is 0 Å². The largest absolute Gasteiger partial charge is 0.417 e. The number of anilines is 1. The summed E-state index contributed by atoms with van der Waals surface area (Å²) < 4.78 is 44.4. The Morgan fingerprint density at radius 3 is 2.42 bits per heavy atom. The number of nitrogens with zero attached hydrogens (tertiary/aromatic N) is 3. The van der Waals surface area contributed by atoms with Crippen molar-refractivity contribution < 1.29 is 22.5 Å². The number of nitro benzene ring substituents is 1. The van der Waals surface area contributed by atoms with E-state index in [0.717, 1.165) is 19.3 Å². The lowest BCUT2D eigenvalue weighted by molar-refractivity contribution is -0.383. The fourth-order valence-corrected chi connectivity index (χ4v) is 3.35. The molecule has 0 N–H and O–H groups in total. The molecule has 3 rings (SSSR count). The summed E-state index contributed by atoms with van der Waals surface area (Å²) in [7, 11) is 0. The van der Waals surface area contributed by atoms with Gasteiger partial charge in [-0.1, -0.05) is 0 Å². The molecule has 1 saturated heterocycles. The van der Waals surface area contributed by atoms with Crippen LogP contribution >= 0.6 is 0 Å². The van der Waals surface area contributed by atoms with Gasteiger partial charge in [-0.25, -0.2) is 0 Å². The van der Waals surface area contributed by atoms with Crippen molar-refractivity contribution in [1.29, 1.82) is 0 Å². The van der Waals surface area contributed by atoms with E-state index in [1.165, 1.54) is 0 Å². The Balaban J connectivity index is 2.27. The van der Waals surface area contributed by atoms with Gasteiger partial charge in [0, 0.05) is 18.2 Å². The number of hydrogen-bond donors (Lipinski definition) is 0. The van der Waals surface area contributed by atoms with Crippen molar-refractivity contribution in [2.45, 2.75) is 51.4 Å². The van der Waals surface area contributed by atoms with Crippen LogP contribution in [0.25, 0.3) is 11.0 Å². The predicted molar refractivity (Wildman–Crippen MR) is 87.2 cm³/mol. The van der Waals surface area contributed by atoms with Gasteiger partial charge in [-0.05, 0) is 39.2 Å². The van der Waals surface area contributed by atoms with Gasteiger partial charge in [0.15, 0.2) is 0 Å². The first-order chi connectivity index (χ1) is 12.1. The van der Waals surface area contributed by atoms with Crippen molar-refractivity contribution >= 4 is 22.7 Å². The zero-order chi connectivity index (χ0) is 19.2. The molecular formula is C16H16F3N3O4. The minimum Gasteiger partial charge on any atom is -0.417 e. The number of benzene rings is 1. The first-order valence-corrected chi connectivity index (χ1v) is 8.08. The summed E-state index contributed by atoms with van der Waals surface area (Å²) in [6, 6.07) is 0.775. The van der Waals surface area contributed by atoms with Gasteiger partial charge >= 0.3 is 17.9 Å². The lowest BCUT2D eigenvalue weighted by atomic mass is 9.98. The molecule has 0 amide bonds. The van der Waals surface area contributed by atoms with E-state index in [1.807, 2.05) is 13.8 Å². The van der Waals surface area contributed by atoms with Crippen LogP contribution in [0, 0.1) is 10.1 Å². The quantitative estimate of drug-likeness (QED) is 0.588. The Morgan fingerprint density at radius 1 is 1.27 bits per heavy atom. The third-order valence-electron chi connectivity index (χ3n) is 4.63. The molecule has 1 aliphatic heterocycles. The van der Waals surface area contributed by atoms with E-state index in [2.05, 4.69) is 4.98 Å². The topological polar surface area (TPSA) is 89.5 Å². The third-order valence-corrected chi connectivity index (χ3v) is 4.63. The van der Waals surface area contributed by atoms with Gasteiger partial charge in [-0.2, -0.15) is 18.2 Å². The smallest absolute Gasteiger partial charge is 0.416 e. The van der Waals surface area contributed by atoms with E-state index < -0.39 is 38.9 Å². The highest BCUT2D eigenvalue weighted by Gasteiger charge is 2.35. The summed E-state index contributed by atoms with van der Waals surface area (Å²) >= 11 is 0. The maximum absolute atomic E-state index is 13.0. The van der Waals surface area contributed by atoms with Gasteiger partial charge in [0.05, 0.1) is 15.9 Å². The van der Waals surface area contributed by atoms with Crippen LogP contribution in [0.15, 0.2) is 21.3 Å². The van der Waals surface area contributed by atoms with Gasteiger partial charge in [0.25, 0.3) is 5.56 Å². The van der Waals surface area contributed by atoms with Gasteiger partial charge in [0.1, 0.15) is 0 Å². The van der Waals surface area contributed by atoms with Gasteiger partial charge in [-0.3, -0.25) is 14.9 Å². The number of alkyl halides is 3. The van der Waals surface area contributed by atoms with Gasteiger partial charge in [0.2, 0.25) is 5.58 Å². The summed E-state index contributed by atoms with van der Waals surface area (Å²) in [6.45, 7) is 3.81. The lowest BCUT2D eigenvalue weighted by Gasteiger charge is -2.38. The Labute approximate surface area is 145 Å². The molecular weight excluding hydrogens is 355 g/mol. The zero-order valence-electron chi connectivity index (χ0n) is 14.0.